The van der Waals surface area contributed by atoms with Crippen LogP contribution in [0.4, 0.5) is 0 Å². The lowest BCUT2D eigenvalue weighted by Crippen LogP contribution is -2.41. The highest BCUT2D eigenvalue weighted by molar-refractivity contribution is 5.67. The number of carbonyl (C=O) groups is 2. The number of hydrogen-bond acceptors (Lipinski definition) is 7. The Labute approximate surface area is 175 Å². The summed E-state index contributed by atoms with van der Waals surface area (Å²) < 4.78 is 28.3. The Hall–Kier alpha value is -2.74. The van der Waals surface area contributed by atoms with Crippen LogP contribution < -0.4 is 0 Å². The van der Waals surface area contributed by atoms with Crippen molar-refractivity contribution in [3.63, 3.8) is 0 Å². The molecule has 0 bridgehead atoms. The molecule has 1 heterocycles. The van der Waals surface area contributed by atoms with Gasteiger partial charge in [-0.15, -0.1) is 0 Å². The molecule has 0 amide bonds. The zero-order valence-electron chi connectivity index (χ0n) is 17.1. The molecule has 4 atom stereocenters. The third kappa shape index (κ3) is 6.38. The van der Waals surface area contributed by atoms with Gasteiger partial charge in [-0.2, -0.15) is 0 Å². The van der Waals surface area contributed by atoms with E-state index in [1.165, 1.54) is 13.8 Å². The number of carbonyl (C=O) groups excluding carboxylic acids is 2. The van der Waals surface area contributed by atoms with Crippen LogP contribution in [-0.4, -0.2) is 43.1 Å². The third-order valence-electron chi connectivity index (χ3n) is 4.53. The second kappa shape index (κ2) is 10.9. The highest BCUT2D eigenvalue weighted by Gasteiger charge is 2.49. The number of esters is 2. The maximum atomic E-state index is 11.7. The smallest absolute Gasteiger partial charge is 0.305 e. The van der Waals surface area contributed by atoms with Crippen molar-refractivity contribution in [2.45, 2.75) is 51.7 Å². The van der Waals surface area contributed by atoms with Gasteiger partial charge in [0.15, 0.2) is 6.10 Å². The van der Waals surface area contributed by atoms with Crippen molar-refractivity contribution in [2.24, 2.45) is 0 Å². The van der Waals surface area contributed by atoms with Crippen molar-refractivity contribution in [3.05, 3.63) is 71.8 Å². The third-order valence-corrected chi connectivity index (χ3v) is 4.53. The number of hydrogen-bond donors (Lipinski definition) is 0. The van der Waals surface area contributed by atoms with Crippen molar-refractivity contribution in [2.75, 3.05) is 6.61 Å². The normalized spacial score (nSPS) is 23.1. The monoisotopic (exact) mass is 414 g/mol. The molecular formula is C23H26O7. The summed E-state index contributed by atoms with van der Waals surface area (Å²) in [7, 11) is 0. The van der Waals surface area contributed by atoms with Gasteiger partial charge in [0.25, 0.3) is 0 Å². The zero-order chi connectivity index (χ0) is 21.3. The van der Waals surface area contributed by atoms with Crippen LogP contribution in [0.2, 0.25) is 0 Å². The van der Waals surface area contributed by atoms with Crippen molar-refractivity contribution < 1.29 is 33.3 Å². The molecule has 3 rings (SSSR count). The van der Waals surface area contributed by atoms with Crippen LogP contribution in [0.25, 0.3) is 0 Å². The highest BCUT2D eigenvalue weighted by Crippen LogP contribution is 2.29. The topological polar surface area (TPSA) is 80.3 Å². The molecule has 1 unspecified atom stereocenters. The molecule has 0 aliphatic carbocycles. The van der Waals surface area contributed by atoms with Gasteiger partial charge in [-0.05, 0) is 11.1 Å². The summed E-state index contributed by atoms with van der Waals surface area (Å²) in [4.78, 5) is 23.2. The first-order chi connectivity index (χ1) is 14.5. The molecular weight excluding hydrogens is 388 g/mol. The Bertz CT molecular complexity index is 809. The Morgan fingerprint density at radius 2 is 1.37 bits per heavy atom. The summed E-state index contributed by atoms with van der Waals surface area (Å²) in [6, 6.07) is 19.3. The molecule has 7 nitrogen and oxygen atoms in total. The van der Waals surface area contributed by atoms with Crippen molar-refractivity contribution in [1.82, 2.24) is 0 Å². The molecule has 160 valence electrons. The number of benzene rings is 2. The SMILES string of the molecule is CC(=O)OC1O[C@H](COCc2ccccc2)[C@H](OCc2ccccc2)[C@H]1OC(C)=O. The van der Waals surface area contributed by atoms with Crippen LogP contribution in [0, 0.1) is 0 Å². The zero-order valence-corrected chi connectivity index (χ0v) is 17.1. The second-order valence-corrected chi connectivity index (χ2v) is 6.99. The maximum Gasteiger partial charge on any atom is 0.305 e. The highest BCUT2D eigenvalue weighted by atomic mass is 16.7. The van der Waals surface area contributed by atoms with Gasteiger partial charge < -0.3 is 23.7 Å². The summed E-state index contributed by atoms with van der Waals surface area (Å²) >= 11 is 0. The van der Waals surface area contributed by atoms with E-state index in [9.17, 15) is 9.59 Å². The Balaban J connectivity index is 1.70. The van der Waals surface area contributed by atoms with Gasteiger partial charge in [-0.25, -0.2) is 0 Å². The summed E-state index contributed by atoms with van der Waals surface area (Å²) in [6.45, 7) is 3.42. The fraction of sp³-hybridized carbons (Fsp3) is 0.391. The molecule has 0 aromatic heterocycles. The number of ether oxygens (including phenoxy) is 5. The molecule has 2 aromatic rings. The van der Waals surface area contributed by atoms with E-state index < -0.39 is 36.5 Å². The predicted molar refractivity (Wildman–Crippen MR) is 107 cm³/mol. The fourth-order valence-corrected chi connectivity index (χ4v) is 3.24. The molecule has 0 radical (unpaired) electrons. The second-order valence-electron chi connectivity index (χ2n) is 6.99. The van der Waals surface area contributed by atoms with Crippen LogP contribution >= 0.6 is 0 Å². The first-order valence-corrected chi connectivity index (χ1v) is 9.80. The van der Waals surface area contributed by atoms with Crippen LogP contribution in [0.5, 0.6) is 0 Å². The molecule has 1 saturated heterocycles. The van der Waals surface area contributed by atoms with Gasteiger partial charge in [0.1, 0.15) is 12.2 Å². The standard InChI is InChI=1S/C23H26O7/c1-16(24)28-22-21(27-14-19-11-7-4-8-12-19)20(30-23(22)29-17(2)25)15-26-13-18-9-5-3-6-10-18/h3-12,20-23H,13-15H2,1-2H3/t20-,21+,22-,23?/m1/s1. The van der Waals surface area contributed by atoms with E-state index in [0.717, 1.165) is 11.1 Å². The van der Waals surface area contributed by atoms with Gasteiger partial charge in [0.2, 0.25) is 6.29 Å². The quantitative estimate of drug-likeness (QED) is 0.584. The van der Waals surface area contributed by atoms with Gasteiger partial charge in [-0.1, -0.05) is 60.7 Å². The summed E-state index contributed by atoms with van der Waals surface area (Å²) in [5.41, 5.74) is 1.98. The van der Waals surface area contributed by atoms with Crippen molar-refractivity contribution >= 4 is 11.9 Å². The first-order valence-electron chi connectivity index (χ1n) is 9.80. The predicted octanol–water partition coefficient (Wildman–Crippen LogP) is 3.01. The van der Waals surface area contributed by atoms with E-state index in [1.54, 1.807) is 0 Å². The lowest BCUT2D eigenvalue weighted by atomic mass is 10.1. The minimum atomic E-state index is -1.06. The van der Waals surface area contributed by atoms with Gasteiger partial charge in [0, 0.05) is 13.8 Å². The molecule has 7 heteroatoms. The number of rotatable bonds is 9. The molecule has 0 saturated carbocycles. The Kier molecular flexibility index (Phi) is 7.96. The largest absolute Gasteiger partial charge is 0.453 e. The summed E-state index contributed by atoms with van der Waals surface area (Å²) in [5.74, 6) is -1.05. The Morgan fingerprint density at radius 3 is 1.93 bits per heavy atom. The van der Waals surface area contributed by atoms with Crippen molar-refractivity contribution in [3.8, 4) is 0 Å². The van der Waals surface area contributed by atoms with E-state index in [2.05, 4.69) is 0 Å². The Morgan fingerprint density at radius 1 is 0.800 bits per heavy atom. The fourth-order valence-electron chi connectivity index (χ4n) is 3.24. The average Bonchev–Trinajstić information content (AvgIpc) is 3.03. The molecule has 1 fully saturated rings. The minimum Gasteiger partial charge on any atom is -0.453 e. The molecule has 2 aromatic carbocycles. The molecule has 0 spiro atoms. The van der Waals surface area contributed by atoms with Gasteiger partial charge >= 0.3 is 11.9 Å². The van der Waals surface area contributed by atoms with Gasteiger partial charge in [0.05, 0.1) is 19.8 Å². The van der Waals surface area contributed by atoms with E-state index in [4.69, 9.17) is 23.7 Å². The molecule has 0 N–H and O–H groups in total. The van der Waals surface area contributed by atoms with Crippen LogP contribution in [0.3, 0.4) is 0 Å². The van der Waals surface area contributed by atoms with E-state index in [0.29, 0.717) is 6.61 Å². The lowest BCUT2D eigenvalue weighted by molar-refractivity contribution is -0.197. The van der Waals surface area contributed by atoms with E-state index >= 15 is 0 Å². The van der Waals surface area contributed by atoms with Crippen LogP contribution in [0.1, 0.15) is 25.0 Å². The van der Waals surface area contributed by atoms with Crippen LogP contribution in [0.15, 0.2) is 60.7 Å². The summed E-state index contributed by atoms with van der Waals surface area (Å²) in [6.07, 6.45) is -3.18. The van der Waals surface area contributed by atoms with E-state index in [1.807, 2.05) is 60.7 Å². The first kappa shape index (κ1) is 22.0. The van der Waals surface area contributed by atoms with E-state index in [-0.39, 0.29) is 13.2 Å². The summed E-state index contributed by atoms with van der Waals surface area (Å²) in [5, 5.41) is 0. The average molecular weight is 414 g/mol. The molecule has 1 aliphatic heterocycles. The maximum absolute atomic E-state index is 11.7. The van der Waals surface area contributed by atoms with Crippen molar-refractivity contribution in [1.29, 1.82) is 0 Å². The molecule has 30 heavy (non-hydrogen) atoms. The lowest BCUT2D eigenvalue weighted by Gasteiger charge is -2.23. The van der Waals surface area contributed by atoms with Gasteiger partial charge in [-0.3, -0.25) is 9.59 Å². The minimum absolute atomic E-state index is 0.184. The van der Waals surface area contributed by atoms with Crippen LogP contribution in [-0.2, 0) is 46.5 Å². The molecule has 1 aliphatic rings.